The van der Waals surface area contributed by atoms with Gasteiger partial charge in [-0.15, -0.1) is 0 Å². The van der Waals surface area contributed by atoms with Crippen molar-refractivity contribution in [3.8, 4) is 0 Å². The third-order valence-corrected chi connectivity index (χ3v) is 10.5. The van der Waals surface area contributed by atoms with E-state index in [-0.39, 0.29) is 42.6 Å². The molecule has 3 atom stereocenters. The van der Waals surface area contributed by atoms with Crippen molar-refractivity contribution in [2.24, 2.45) is 16.6 Å². The Labute approximate surface area is 236 Å². The molecule has 1 amide bonds. The summed E-state index contributed by atoms with van der Waals surface area (Å²) in [6.45, 7) is 4.80. The lowest BCUT2D eigenvalue weighted by Crippen LogP contribution is -2.65. The van der Waals surface area contributed by atoms with Crippen LogP contribution in [0.4, 0.5) is 27.6 Å². The maximum absolute atomic E-state index is 15.7. The number of nitrogens with one attached hydrogen (secondary N) is 1. The summed E-state index contributed by atoms with van der Waals surface area (Å²) in [4.78, 5) is 20.9. The first kappa shape index (κ1) is 32.2. The Morgan fingerprint density at radius 3 is 2.41 bits per heavy atom. The Morgan fingerprint density at radius 1 is 1.17 bits per heavy atom. The molecule has 0 aliphatic carbocycles. The topological polar surface area (TPSA) is 118 Å². The highest BCUT2D eigenvalue weighted by Crippen LogP contribution is 2.53. The van der Waals surface area contributed by atoms with Crippen LogP contribution < -0.4 is 11.1 Å². The summed E-state index contributed by atoms with van der Waals surface area (Å²) >= 11 is 0. The first-order valence-electron chi connectivity index (χ1n) is 13.1. The number of aliphatic imine (C=N–C) groups is 1. The standard InChI is InChI=1S/C27H34F5N5O3S/c1-5-12-26(15-17(6-2)11-13-27(30,31)32)25(3,36-24(33)37(4)41(26,39)40)20-14-19(8-9-21(20)29)35-23(38)22-10-7-18(28)16-34-22/h7-10,14,16-17H,5-6,11-13,15H2,1-4H3,(H2,33,36)(H,35,38). The molecular weight excluding hydrogens is 569 g/mol. The van der Waals surface area contributed by atoms with Crippen LogP contribution in [-0.4, -0.2) is 47.5 Å². The lowest BCUT2D eigenvalue weighted by Gasteiger charge is -2.52. The van der Waals surface area contributed by atoms with E-state index in [9.17, 15) is 30.8 Å². The number of pyridine rings is 1. The van der Waals surface area contributed by atoms with E-state index in [1.54, 1.807) is 13.8 Å². The zero-order valence-corrected chi connectivity index (χ0v) is 24.0. The zero-order chi connectivity index (χ0) is 30.8. The Morgan fingerprint density at radius 2 is 1.85 bits per heavy atom. The fourth-order valence-corrected chi connectivity index (χ4v) is 7.87. The number of carbonyl (C=O) groups excluding carboxylic acids is 1. The lowest BCUT2D eigenvalue weighted by molar-refractivity contribution is -0.138. The van der Waals surface area contributed by atoms with E-state index in [1.807, 2.05) is 0 Å². The number of halogens is 5. The van der Waals surface area contributed by atoms with Crippen LogP contribution in [0.1, 0.15) is 75.3 Å². The number of anilines is 1. The molecule has 0 bridgehead atoms. The Kier molecular flexibility index (Phi) is 9.36. The number of carbonyl (C=O) groups is 1. The molecule has 1 aliphatic heterocycles. The van der Waals surface area contributed by atoms with E-state index in [2.05, 4.69) is 15.3 Å². The van der Waals surface area contributed by atoms with Gasteiger partial charge in [0, 0.05) is 24.7 Å². The van der Waals surface area contributed by atoms with Gasteiger partial charge in [-0.25, -0.2) is 31.5 Å². The minimum Gasteiger partial charge on any atom is -0.369 e. The molecule has 0 fully saturated rings. The van der Waals surface area contributed by atoms with Crippen LogP contribution in [0.15, 0.2) is 41.5 Å². The normalized spacial score (nSPS) is 23.1. The Hall–Kier alpha value is -3.29. The molecular formula is C27H34F5N5O3S. The fraction of sp³-hybridized carbons (Fsp3) is 0.519. The smallest absolute Gasteiger partial charge is 0.369 e. The van der Waals surface area contributed by atoms with E-state index < -0.39 is 62.3 Å². The van der Waals surface area contributed by atoms with Gasteiger partial charge in [0.2, 0.25) is 16.0 Å². The zero-order valence-electron chi connectivity index (χ0n) is 23.2. The monoisotopic (exact) mass is 603 g/mol. The quantitative estimate of drug-likeness (QED) is 0.337. The van der Waals surface area contributed by atoms with Gasteiger partial charge in [-0.3, -0.25) is 4.79 Å². The van der Waals surface area contributed by atoms with E-state index in [4.69, 9.17) is 5.73 Å². The average Bonchev–Trinajstić information content (AvgIpc) is 2.89. The third-order valence-electron chi connectivity index (χ3n) is 7.80. The molecule has 3 rings (SSSR count). The van der Waals surface area contributed by atoms with Crippen molar-refractivity contribution in [1.29, 1.82) is 0 Å². The van der Waals surface area contributed by atoms with Gasteiger partial charge < -0.3 is 11.1 Å². The van der Waals surface area contributed by atoms with Crippen LogP contribution >= 0.6 is 0 Å². The van der Waals surface area contributed by atoms with Gasteiger partial charge in [0.1, 0.15) is 27.6 Å². The van der Waals surface area contributed by atoms with Crippen LogP contribution in [0.2, 0.25) is 0 Å². The number of hydrogen-bond donors (Lipinski definition) is 2. The molecule has 1 aromatic heterocycles. The Balaban J connectivity index is 2.18. The van der Waals surface area contributed by atoms with Gasteiger partial charge in [0.25, 0.3) is 5.91 Å². The van der Waals surface area contributed by atoms with Crippen LogP contribution in [0.5, 0.6) is 0 Å². The molecule has 226 valence electrons. The number of sulfonamides is 1. The molecule has 3 N–H and O–H groups in total. The van der Waals surface area contributed by atoms with Gasteiger partial charge in [0.15, 0.2) is 0 Å². The second kappa shape index (κ2) is 11.9. The van der Waals surface area contributed by atoms with E-state index in [0.717, 1.165) is 28.7 Å². The highest BCUT2D eigenvalue weighted by Gasteiger charge is 2.63. The Bertz CT molecular complexity index is 1400. The largest absolute Gasteiger partial charge is 0.389 e. The molecule has 41 heavy (non-hydrogen) atoms. The van der Waals surface area contributed by atoms with E-state index >= 15 is 4.39 Å². The van der Waals surface area contributed by atoms with Crippen LogP contribution in [0, 0.1) is 17.6 Å². The summed E-state index contributed by atoms with van der Waals surface area (Å²) in [5.74, 6) is -3.32. The summed E-state index contributed by atoms with van der Waals surface area (Å²) < 4.78 is 95.5. The second-order valence-corrected chi connectivity index (χ2v) is 12.7. The maximum atomic E-state index is 15.7. The number of amides is 1. The number of benzene rings is 1. The molecule has 8 nitrogen and oxygen atoms in total. The van der Waals surface area contributed by atoms with Gasteiger partial charge >= 0.3 is 6.18 Å². The minimum absolute atomic E-state index is 0.0506. The van der Waals surface area contributed by atoms with Crippen molar-refractivity contribution in [1.82, 2.24) is 9.29 Å². The molecule has 14 heteroatoms. The highest BCUT2D eigenvalue weighted by molar-refractivity contribution is 7.91. The number of alkyl halides is 3. The van der Waals surface area contributed by atoms with Crippen LogP contribution in [-0.2, 0) is 15.6 Å². The third kappa shape index (κ3) is 6.31. The molecule has 0 saturated carbocycles. The van der Waals surface area contributed by atoms with Crippen molar-refractivity contribution in [3.05, 3.63) is 59.4 Å². The first-order valence-corrected chi connectivity index (χ1v) is 14.6. The first-order chi connectivity index (χ1) is 19.0. The predicted octanol–water partition coefficient (Wildman–Crippen LogP) is 5.71. The molecule has 3 unspecified atom stereocenters. The predicted molar refractivity (Wildman–Crippen MR) is 146 cm³/mol. The van der Waals surface area contributed by atoms with Gasteiger partial charge in [-0.1, -0.05) is 26.7 Å². The van der Waals surface area contributed by atoms with Crippen molar-refractivity contribution < 1.29 is 35.2 Å². The molecule has 0 radical (unpaired) electrons. The summed E-state index contributed by atoms with van der Waals surface area (Å²) in [6.07, 6.45) is -4.73. The van der Waals surface area contributed by atoms with Crippen LogP contribution in [0.3, 0.4) is 0 Å². The minimum atomic E-state index is -4.43. The van der Waals surface area contributed by atoms with Crippen molar-refractivity contribution in [2.75, 3.05) is 12.4 Å². The summed E-state index contributed by atoms with van der Waals surface area (Å²) in [6, 6.07) is 5.71. The molecule has 2 aromatic rings. The number of rotatable bonds is 10. The summed E-state index contributed by atoms with van der Waals surface area (Å²) in [7, 11) is -3.19. The molecule has 1 aliphatic rings. The summed E-state index contributed by atoms with van der Waals surface area (Å²) in [5.41, 5.74) is 3.89. The van der Waals surface area contributed by atoms with Gasteiger partial charge in [-0.2, -0.15) is 13.2 Å². The molecule has 2 heterocycles. The lowest BCUT2D eigenvalue weighted by atomic mass is 9.71. The summed E-state index contributed by atoms with van der Waals surface area (Å²) in [5, 5.41) is 2.54. The molecule has 0 spiro atoms. The van der Waals surface area contributed by atoms with Crippen molar-refractivity contribution in [2.45, 2.75) is 75.8 Å². The average molecular weight is 604 g/mol. The van der Waals surface area contributed by atoms with E-state index in [1.165, 1.54) is 26.1 Å². The number of hydrogen-bond acceptors (Lipinski definition) is 6. The maximum Gasteiger partial charge on any atom is 0.389 e. The van der Waals surface area contributed by atoms with Crippen molar-refractivity contribution >= 4 is 27.6 Å². The second-order valence-electron chi connectivity index (χ2n) is 10.4. The molecule has 0 saturated heterocycles. The van der Waals surface area contributed by atoms with Crippen molar-refractivity contribution in [3.63, 3.8) is 0 Å². The molecule has 1 aromatic carbocycles. The van der Waals surface area contributed by atoms with Gasteiger partial charge in [-0.05, 0) is 62.4 Å². The number of nitrogens with two attached hydrogens (primary N) is 1. The number of guanidine groups is 1. The SMILES string of the molecule is CCCC1(CC(CC)CCC(F)(F)F)C(C)(c2cc(NC(=O)c3ccc(F)cn3)ccc2F)N=C(N)N(C)S1(=O)=O. The van der Waals surface area contributed by atoms with E-state index in [0.29, 0.717) is 6.42 Å². The number of aromatic nitrogens is 1. The number of nitrogens with zero attached hydrogens (tertiary/aromatic N) is 3. The fourth-order valence-electron chi connectivity index (χ4n) is 5.49. The van der Waals surface area contributed by atoms with Gasteiger partial charge in [0.05, 0.1) is 6.20 Å². The highest BCUT2D eigenvalue weighted by atomic mass is 32.2. The van der Waals surface area contributed by atoms with Crippen LogP contribution in [0.25, 0.3) is 0 Å².